The molecule has 4 aromatic rings. The number of benzene rings is 2. The van der Waals surface area contributed by atoms with Gasteiger partial charge in [-0.2, -0.15) is 0 Å². The summed E-state index contributed by atoms with van der Waals surface area (Å²) in [5.41, 5.74) is 4.95. The Morgan fingerprint density at radius 1 is 1.07 bits per heavy atom. The molecule has 0 spiro atoms. The molecule has 2 aromatic carbocycles. The molecule has 2 heterocycles. The number of carbonyl (C=O) groups is 1. The Morgan fingerprint density at radius 2 is 1.93 bits per heavy atom. The van der Waals surface area contributed by atoms with Crippen molar-refractivity contribution in [2.75, 3.05) is 7.11 Å². The summed E-state index contributed by atoms with van der Waals surface area (Å²) in [6, 6.07) is 19.2. The smallest absolute Gasteiger partial charge is 0.252 e. The van der Waals surface area contributed by atoms with Crippen LogP contribution in [0, 0.1) is 6.92 Å². The lowest BCUT2D eigenvalue weighted by Gasteiger charge is -2.12. The molecule has 0 bridgehead atoms. The summed E-state index contributed by atoms with van der Waals surface area (Å²) in [6.45, 7) is 2.38. The molecule has 144 valence electrons. The minimum Gasteiger partial charge on any atom is -0.496 e. The first-order valence-electron chi connectivity index (χ1n) is 9.37. The molecule has 1 amide bonds. The predicted octanol–water partition coefficient (Wildman–Crippen LogP) is 4.54. The van der Waals surface area contributed by atoms with E-state index in [4.69, 9.17) is 9.72 Å². The van der Waals surface area contributed by atoms with Crippen LogP contribution < -0.4 is 10.1 Å². The van der Waals surface area contributed by atoms with Crippen LogP contribution in [0.2, 0.25) is 0 Å². The molecule has 5 nitrogen and oxygen atoms in total. The molecule has 0 aliphatic carbocycles. The predicted molar refractivity (Wildman–Crippen MR) is 114 cm³/mol. The van der Waals surface area contributed by atoms with E-state index < -0.39 is 0 Å². The Kier molecular flexibility index (Phi) is 5.20. The summed E-state index contributed by atoms with van der Waals surface area (Å²) in [5.74, 6) is 0.596. The zero-order chi connectivity index (χ0) is 20.2. The van der Waals surface area contributed by atoms with Gasteiger partial charge in [-0.1, -0.05) is 29.8 Å². The summed E-state index contributed by atoms with van der Waals surface area (Å²) in [5, 5.41) is 3.85. The molecule has 0 atom stereocenters. The van der Waals surface area contributed by atoms with Crippen molar-refractivity contribution in [2.45, 2.75) is 13.5 Å². The molecule has 5 heteroatoms. The van der Waals surface area contributed by atoms with Gasteiger partial charge in [-0.15, -0.1) is 0 Å². The molecule has 0 saturated carbocycles. The quantitative estimate of drug-likeness (QED) is 0.549. The van der Waals surface area contributed by atoms with Crippen LogP contribution in [0.15, 0.2) is 73.1 Å². The number of rotatable bonds is 5. The highest BCUT2D eigenvalue weighted by Gasteiger charge is 2.15. The average molecular weight is 383 g/mol. The number of nitrogens with one attached hydrogen (secondary N) is 1. The van der Waals surface area contributed by atoms with Crippen LogP contribution in [0.25, 0.3) is 22.2 Å². The van der Waals surface area contributed by atoms with Gasteiger partial charge in [0.15, 0.2) is 0 Å². The largest absolute Gasteiger partial charge is 0.496 e. The molecule has 0 fully saturated rings. The van der Waals surface area contributed by atoms with E-state index in [-0.39, 0.29) is 5.91 Å². The summed E-state index contributed by atoms with van der Waals surface area (Å²) >= 11 is 0. The fourth-order valence-corrected chi connectivity index (χ4v) is 3.31. The zero-order valence-electron chi connectivity index (χ0n) is 16.3. The van der Waals surface area contributed by atoms with Gasteiger partial charge in [0, 0.05) is 35.5 Å². The van der Waals surface area contributed by atoms with Gasteiger partial charge in [0.05, 0.1) is 23.9 Å². The molecule has 4 rings (SSSR count). The van der Waals surface area contributed by atoms with Crippen LogP contribution in [0.4, 0.5) is 0 Å². The second-order valence-electron chi connectivity index (χ2n) is 6.81. The highest BCUT2D eigenvalue weighted by Crippen LogP contribution is 2.26. The minimum absolute atomic E-state index is 0.154. The number of methoxy groups -OCH3 is 1. The van der Waals surface area contributed by atoms with E-state index in [9.17, 15) is 4.79 Å². The Morgan fingerprint density at radius 3 is 2.72 bits per heavy atom. The lowest BCUT2D eigenvalue weighted by Crippen LogP contribution is -2.23. The van der Waals surface area contributed by atoms with Crippen molar-refractivity contribution in [3.63, 3.8) is 0 Å². The monoisotopic (exact) mass is 383 g/mol. The normalized spacial score (nSPS) is 10.7. The van der Waals surface area contributed by atoms with E-state index in [0.29, 0.717) is 12.1 Å². The first-order valence-corrected chi connectivity index (χ1v) is 9.37. The van der Waals surface area contributed by atoms with Crippen LogP contribution in [0.3, 0.4) is 0 Å². The number of hydrogen-bond donors (Lipinski definition) is 1. The summed E-state index contributed by atoms with van der Waals surface area (Å²) in [6.07, 6.45) is 3.47. The first kappa shape index (κ1) is 18.6. The van der Waals surface area contributed by atoms with E-state index in [0.717, 1.165) is 39.0 Å². The molecule has 1 N–H and O–H groups in total. The van der Waals surface area contributed by atoms with Crippen molar-refractivity contribution in [1.82, 2.24) is 15.3 Å². The third-order valence-corrected chi connectivity index (χ3v) is 4.80. The van der Waals surface area contributed by atoms with Crippen molar-refractivity contribution in [2.24, 2.45) is 0 Å². The molecule has 0 aliphatic rings. The SMILES string of the molecule is COc1ccccc1CNC(=O)c1cc(-c2cccnc2)nc2ccc(C)cc12. The number of aromatic nitrogens is 2. The number of ether oxygens (including phenoxy) is 1. The maximum absolute atomic E-state index is 13.1. The molecule has 0 aliphatic heterocycles. The number of pyridine rings is 2. The zero-order valence-corrected chi connectivity index (χ0v) is 16.3. The van der Waals surface area contributed by atoms with E-state index in [1.807, 2.05) is 67.6 Å². The summed E-state index contributed by atoms with van der Waals surface area (Å²) in [7, 11) is 1.62. The molecule has 2 aromatic heterocycles. The summed E-state index contributed by atoms with van der Waals surface area (Å²) < 4.78 is 5.38. The third kappa shape index (κ3) is 3.94. The lowest BCUT2D eigenvalue weighted by atomic mass is 10.0. The number of carbonyl (C=O) groups excluding carboxylic acids is 1. The van der Waals surface area contributed by atoms with Crippen LogP contribution in [-0.2, 0) is 6.54 Å². The minimum atomic E-state index is -0.154. The van der Waals surface area contributed by atoms with Gasteiger partial charge in [-0.05, 0) is 43.3 Å². The molecule has 0 saturated heterocycles. The fraction of sp³-hybridized carbons (Fsp3) is 0.125. The highest BCUT2D eigenvalue weighted by atomic mass is 16.5. The Balaban J connectivity index is 1.73. The molecule has 29 heavy (non-hydrogen) atoms. The van der Waals surface area contributed by atoms with Crippen molar-refractivity contribution in [3.8, 4) is 17.0 Å². The Bertz CT molecular complexity index is 1170. The van der Waals surface area contributed by atoms with Gasteiger partial charge >= 0.3 is 0 Å². The third-order valence-electron chi connectivity index (χ3n) is 4.80. The van der Waals surface area contributed by atoms with Gasteiger partial charge in [0.2, 0.25) is 0 Å². The van der Waals surface area contributed by atoms with Crippen LogP contribution in [0.5, 0.6) is 5.75 Å². The van der Waals surface area contributed by atoms with Crippen molar-refractivity contribution >= 4 is 16.8 Å². The number of para-hydroxylation sites is 1. The van der Waals surface area contributed by atoms with Crippen LogP contribution >= 0.6 is 0 Å². The molecule has 0 radical (unpaired) electrons. The molecular formula is C24H21N3O2. The van der Waals surface area contributed by atoms with Gasteiger partial charge < -0.3 is 10.1 Å². The molecular weight excluding hydrogens is 362 g/mol. The van der Waals surface area contributed by atoms with Gasteiger partial charge in [0.1, 0.15) is 5.75 Å². The van der Waals surface area contributed by atoms with Gasteiger partial charge in [-0.25, -0.2) is 4.98 Å². The number of fused-ring (bicyclic) bond motifs is 1. The number of nitrogens with zero attached hydrogens (tertiary/aromatic N) is 2. The number of aryl methyl sites for hydroxylation is 1. The average Bonchev–Trinajstić information content (AvgIpc) is 2.77. The standard InChI is InChI=1S/C24H21N3O2/c1-16-9-10-21-19(12-16)20(13-22(27-21)17-7-5-11-25-14-17)24(28)26-15-18-6-3-4-8-23(18)29-2/h3-14H,15H2,1-2H3,(H,26,28). The Labute approximate surface area is 169 Å². The van der Waals surface area contributed by atoms with Crippen LogP contribution in [-0.4, -0.2) is 23.0 Å². The highest BCUT2D eigenvalue weighted by molar-refractivity contribution is 6.07. The van der Waals surface area contributed by atoms with Crippen molar-refractivity contribution in [1.29, 1.82) is 0 Å². The van der Waals surface area contributed by atoms with E-state index in [1.54, 1.807) is 19.5 Å². The van der Waals surface area contributed by atoms with E-state index >= 15 is 0 Å². The lowest BCUT2D eigenvalue weighted by molar-refractivity contribution is 0.0952. The second kappa shape index (κ2) is 8.10. The van der Waals surface area contributed by atoms with Crippen molar-refractivity contribution in [3.05, 3.63) is 89.7 Å². The maximum atomic E-state index is 13.1. The number of amides is 1. The maximum Gasteiger partial charge on any atom is 0.252 e. The summed E-state index contributed by atoms with van der Waals surface area (Å²) in [4.78, 5) is 22.0. The second-order valence-corrected chi connectivity index (χ2v) is 6.81. The van der Waals surface area contributed by atoms with Crippen LogP contribution in [0.1, 0.15) is 21.5 Å². The van der Waals surface area contributed by atoms with Crippen molar-refractivity contribution < 1.29 is 9.53 Å². The van der Waals surface area contributed by atoms with E-state index in [2.05, 4.69) is 10.3 Å². The fourth-order valence-electron chi connectivity index (χ4n) is 3.31. The Hall–Kier alpha value is -3.73. The van der Waals surface area contributed by atoms with Gasteiger partial charge in [0.25, 0.3) is 5.91 Å². The molecule has 0 unspecified atom stereocenters. The van der Waals surface area contributed by atoms with Gasteiger partial charge in [-0.3, -0.25) is 9.78 Å². The number of hydrogen-bond acceptors (Lipinski definition) is 4. The topological polar surface area (TPSA) is 64.1 Å². The first-order chi connectivity index (χ1) is 14.2. The van der Waals surface area contributed by atoms with E-state index in [1.165, 1.54) is 0 Å².